The van der Waals surface area contributed by atoms with Gasteiger partial charge in [0.25, 0.3) is 5.91 Å². The molecule has 0 heterocycles. The molecule has 2 aromatic carbocycles. The van der Waals surface area contributed by atoms with Gasteiger partial charge in [-0.2, -0.15) is 0 Å². The van der Waals surface area contributed by atoms with Crippen molar-refractivity contribution in [2.45, 2.75) is 24.8 Å². The maximum Gasteiger partial charge on any atom is 0.257 e. The Morgan fingerprint density at radius 3 is 2.32 bits per heavy atom. The number of ether oxygens (including phenoxy) is 1. The van der Waals surface area contributed by atoms with E-state index in [-0.39, 0.29) is 22.0 Å². The number of anilines is 1. The lowest BCUT2D eigenvalue weighted by Crippen LogP contribution is -2.34. The van der Waals surface area contributed by atoms with Crippen LogP contribution >= 0.6 is 12.2 Å². The summed E-state index contributed by atoms with van der Waals surface area (Å²) in [6, 6.07) is 12.9. The van der Waals surface area contributed by atoms with E-state index >= 15 is 0 Å². The van der Waals surface area contributed by atoms with Crippen molar-refractivity contribution in [2.75, 3.05) is 19.4 Å². The van der Waals surface area contributed by atoms with E-state index in [4.69, 9.17) is 17.0 Å². The van der Waals surface area contributed by atoms with Crippen LogP contribution in [-0.4, -0.2) is 43.9 Å². The van der Waals surface area contributed by atoms with Crippen LogP contribution in [0.2, 0.25) is 0 Å². The van der Waals surface area contributed by atoms with E-state index in [1.165, 1.54) is 26.2 Å². The molecule has 0 saturated carbocycles. The molecule has 2 rings (SSSR count). The van der Waals surface area contributed by atoms with Crippen LogP contribution in [0, 0.1) is 0 Å². The molecule has 0 aliphatic heterocycles. The summed E-state index contributed by atoms with van der Waals surface area (Å²) in [7, 11) is -0.568. The summed E-state index contributed by atoms with van der Waals surface area (Å²) in [4.78, 5) is 12.5. The number of amides is 1. The number of hydrogen-bond donors (Lipinski definition) is 2. The Balaban J connectivity index is 2.01. The number of thiocarbonyl (C=S) groups is 1. The number of carbonyl (C=O) groups excluding carboxylic acids is 1. The van der Waals surface area contributed by atoms with Gasteiger partial charge in [-0.25, -0.2) is 12.7 Å². The van der Waals surface area contributed by atoms with Crippen LogP contribution in [0.3, 0.4) is 0 Å². The first kappa shape index (κ1) is 21.8. The molecule has 2 N–H and O–H groups in total. The molecule has 0 aliphatic rings. The number of sulfonamides is 1. The summed E-state index contributed by atoms with van der Waals surface area (Å²) in [5.41, 5.74) is 0.967. The molecule has 150 valence electrons. The lowest BCUT2D eigenvalue weighted by molar-refractivity contribution is 0.0977. The number of nitrogens with one attached hydrogen (secondary N) is 2. The van der Waals surface area contributed by atoms with Crippen LogP contribution in [-0.2, 0) is 10.0 Å². The fraction of sp³-hybridized carbons (Fsp3) is 0.263. The van der Waals surface area contributed by atoms with Crippen LogP contribution in [0.15, 0.2) is 53.4 Å². The Kier molecular flexibility index (Phi) is 7.11. The number of benzene rings is 2. The third-order valence-electron chi connectivity index (χ3n) is 3.59. The maximum atomic E-state index is 12.4. The summed E-state index contributed by atoms with van der Waals surface area (Å²) in [5.74, 6) is 0.220. The van der Waals surface area contributed by atoms with Gasteiger partial charge in [0.15, 0.2) is 5.11 Å². The third kappa shape index (κ3) is 5.75. The monoisotopic (exact) mass is 421 g/mol. The minimum absolute atomic E-state index is 0.000311. The molecule has 0 fully saturated rings. The average Bonchev–Trinajstić information content (AvgIpc) is 2.61. The molecular weight excluding hydrogens is 398 g/mol. The highest BCUT2D eigenvalue weighted by Gasteiger charge is 2.16. The molecular formula is C19H23N3O4S2. The van der Waals surface area contributed by atoms with E-state index in [2.05, 4.69) is 10.6 Å². The summed E-state index contributed by atoms with van der Waals surface area (Å²) in [5, 5.41) is 5.55. The fourth-order valence-corrected chi connectivity index (χ4v) is 3.35. The first-order valence-electron chi connectivity index (χ1n) is 8.51. The Morgan fingerprint density at radius 2 is 1.75 bits per heavy atom. The molecule has 0 aliphatic carbocycles. The van der Waals surface area contributed by atoms with E-state index in [9.17, 15) is 13.2 Å². The Morgan fingerprint density at radius 1 is 1.11 bits per heavy atom. The van der Waals surface area contributed by atoms with Crippen LogP contribution in [0.1, 0.15) is 24.2 Å². The maximum absolute atomic E-state index is 12.4. The quantitative estimate of drug-likeness (QED) is 0.698. The number of rotatable bonds is 6. The highest BCUT2D eigenvalue weighted by atomic mass is 32.2. The lowest BCUT2D eigenvalue weighted by atomic mass is 10.2. The van der Waals surface area contributed by atoms with Crippen molar-refractivity contribution in [3.8, 4) is 5.75 Å². The third-order valence-corrected chi connectivity index (χ3v) is 5.62. The average molecular weight is 422 g/mol. The molecule has 0 saturated heterocycles. The molecule has 0 radical (unpaired) electrons. The van der Waals surface area contributed by atoms with Crippen molar-refractivity contribution < 1.29 is 17.9 Å². The SMILES string of the molecule is CC(C)Oc1cccc(C(=O)NC(=S)Nc2ccc(S(=O)(=O)N(C)C)cc2)c1. The van der Waals surface area contributed by atoms with Crippen molar-refractivity contribution >= 4 is 38.9 Å². The van der Waals surface area contributed by atoms with Gasteiger partial charge in [-0.15, -0.1) is 0 Å². The zero-order valence-corrected chi connectivity index (χ0v) is 17.7. The van der Waals surface area contributed by atoms with Crippen molar-refractivity contribution in [1.29, 1.82) is 0 Å². The van der Waals surface area contributed by atoms with Gasteiger partial charge in [0.05, 0.1) is 11.0 Å². The Bertz CT molecular complexity index is 955. The second-order valence-electron chi connectivity index (χ2n) is 6.41. The predicted octanol–water partition coefficient (Wildman–Crippen LogP) is 2.85. The normalized spacial score (nSPS) is 11.4. The minimum Gasteiger partial charge on any atom is -0.491 e. The van der Waals surface area contributed by atoms with Gasteiger partial charge in [-0.3, -0.25) is 10.1 Å². The fourth-order valence-electron chi connectivity index (χ4n) is 2.24. The molecule has 28 heavy (non-hydrogen) atoms. The number of nitrogens with zero attached hydrogens (tertiary/aromatic N) is 1. The van der Waals surface area contributed by atoms with Crippen molar-refractivity contribution in [3.05, 3.63) is 54.1 Å². The molecule has 0 atom stereocenters. The Labute approximate surface area is 170 Å². The molecule has 9 heteroatoms. The second kappa shape index (κ2) is 9.13. The van der Waals surface area contributed by atoms with E-state index in [1.54, 1.807) is 36.4 Å². The molecule has 2 aromatic rings. The second-order valence-corrected chi connectivity index (χ2v) is 8.97. The minimum atomic E-state index is -3.50. The van der Waals surface area contributed by atoms with E-state index in [0.29, 0.717) is 17.0 Å². The zero-order valence-electron chi connectivity index (χ0n) is 16.1. The smallest absolute Gasteiger partial charge is 0.257 e. The van der Waals surface area contributed by atoms with Gasteiger partial charge >= 0.3 is 0 Å². The van der Waals surface area contributed by atoms with Crippen molar-refractivity contribution in [2.24, 2.45) is 0 Å². The standard InChI is InChI=1S/C19H23N3O4S2/c1-13(2)26-16-7-5-6-14(12-16)18(23)21-19(27)20-15-8-10-17(11-9-15)28(24,25)22(3)4/h5-13H,1-4H3,(H2,20,21,23,27). The summed E-state index contributed by atoms with van der Waals surface area (Å²) < 4.78 is 30.9. The first-order valence-corrected chi connectivity index (χ1v) is 10.4. The summed E-state index contributed by atoms with van der Waals surface area (Å²) in [6.45, 7) is 3.81. The Hall–Kier alpha value is -2.49. The molecule has 0 spiro atoms. The predicted molar refractivity (Wildman–Crippen MR) is 113 cm³/mol. The molecule has 0 aromatic heterocycles. The molecule has 1 amide bonds. The highest BCUT2D eigenvalue weighted by molar-refractivity contribution is 7.89. The first-order chi connectivity index (χ1) is 13.1. The van der Waals surface area contributed by atoms with Gasteiger partial charge in [-0.1, -0.05) is 6.07 Å². The van der Waals surface area contributed by atoms with Crippen molar-refractivity contribution in [1.82, 2.24) is 9.62 Å². The van der Waals surface area contributed by atoms with E-state index < -0.39 is 10.0 Å². The summed E-state index contributed by atoms with van der Waals surface area (Å²) >= 11 is 5.16. The van der Waals surface area contributed by atoms with Crippen LogP contribution < -0.4 is 15.4 Å². The lowest BCUT2D eigenvalue weighted by Gasteiger charge is -2.13. The largest absolute Gasteiger partial charge is 0.491 e. The number of hydrogen-bond acceptors (Lipinski definition) is 5. The van der Waals surface area contributed by atoms with Crippen LogP contribution in [0.25, 0.3) is 0 Å². The van der Waals surface area contributed by atoms with E-state index in [1.807, 2.05) is 13.8 Å². The van der Waals surface area contributed by atoms with Crippen LogP contribution in [0.4, 0.5) is 5.69 Å². The van der Waals surface area contributed by atoms with Crippen LogP contribution in [0.5, 0.6) is 5.75 Å². The summed E-state index contributed by atoms with van der Waals surface area (Å²) in [6.07, 6.45) is 0.000311. The zero-order chi connectivity index (χ0) is 20.9. The van der Waals surface area contributed by atoms with Crippen molar-refractivity contribution in [3.63, 3.8) is 0 Å². The van der Waals surface area contributed by atoms with Gasteiger partial charge < -0.3 is 10.1 Å². The van der Waals surface area contributed by atoms with E-state index in [0.717, 1.165) is 4.31 Å². The topological polar surface area (TPSA) is 87.7 Å². The number of carbonyl (C=O) groups is 1. The van der Waals surface area contributed by atoms with Gasteiger partial charge in [0.2, 0.25) is 10.0 Å². The van der Waals surface area contributed by atoms with Gasteiger partial charge in [-0.05, 0) is 68.5 Å². The molecule has 0 bridgehead atoms. The van der Waals surface area contributed by atoms with Gasteiger partial charge in [0, 0.05) is 25.3 Å². The molecule has 0 unspecified atom stereocenters. The molecule has 7 nitrogen and oxygen atoms in total. The highest BCUT2D eigenvalue weighted by Crippen LogP contribution is 2.17. The van der Waals surface area contributed by atoms with Gasteiger partial charge in [0.1, 0.15) is 5.75 Å².